The summed E-state index contributed by atoms with van der Waals surface area (Å²) in [6.45, 7) is 7.50. The van der Waals surface area contributed by atoms with Crippen molar-refractivity contribution in [1.29, 1.82) is 0 Å². The van der Waals surface area contributed by atoms with Gasteiger partial charge in [0.1, 0.15) is 30.2 Å². The maximum absolute atomic E-state index is 14.0. The lowest BCUT2D eigenvalue weighted by molar-refractivity contribution is -0.117. The number of fused-ring (bicyclic) bond motifs is 1. The van der Waals surface area contributed by atoms with Gasteiger partial charge in [-0.25, -0.2) is 23.4 Å². The predicted octanol–water partition coefficient (Wildman–Crippen LogP) is 4.25. The van der Waals surface area contributed by atoms with Gasteiger partial charge in [-0.05, 0) is 30.7 Å². The van der Waals surface area contributed by atoms with E-state index in [4.69, 9.17) is 9.47 Å². The molecule has 1 amide bonds. The van der Waals surface area contributed by atoms with Crippen molar-refractivity contribution in [3.8, 4) is 17.1 Å². The zero-order valence-electron chi connectivity index (χ0n) is 19.1. The summed E-state index contributed by atoms with van der Waals surface area (Å²) in [7, 11) is 0.181. The molecule has 33 heavy (non-hydrogen) atoms. The van der Waals surface area contributed by atoms with Crippen LogP contribution >= 0.6 is 0 Å². The fraction of sp³-hybridized carbons (Fsp3) is 0.455. The van der Waals surface area contributed by atoms with E-state index in [1.54, 1.807) is 16.8 Å². The number of methoxy groups -OCH3 is 1. The Morgan fingerprint density at radius 2 is 2.09 bits per heavy atom. The molecular weight excluding hydrogens is 448 g/mol. The number of amides is 1. The molecule has 3 aromatic rings. The maximum Gasteiger partial charge on any atom is 0.231 e. The Balaban J connectivity index is 1.69. The summed E-state index contributed by atoms with van der Waals surface area (Å²) in [5.41, 5.74) is 1.24. The molecule has 1 aliphatic carbocycles. The van der Waals surface area contributed by atoms with E-state index in [0.717, 1.165) is 12.2 Å². The monoisotopic (exact) mass is 475 g/mol. The number of alkyl halides is 1. The lowest BCUT2D eigenvalue weighted by Gasteiger charge is -2.15. The van der Waals surface area contributed by atoms with Crippen LogP contribution in [-0.4, -0.2) is 53.6 Å². The zero-order valence-corrected chi connectivity index (χ0v) is 20.1. The second-order valence-electron chi connectivity index (χ2n) is 9.32. The van der Waals surface area contributed by atoms with Gasteiger partial charge in [-0.15, -0.1) is 0 Å². The van der Waals surface area contributed by atoms with Gasteiger partial charge in [-0.1, -0.05) is 19.6 Å². The van der Waals surface area contributed by atoms with E-state index in [2.05, 4.69) is 40.0 Å². The fourth-order valence-corrected chi connectivity index (χ4v) is 4.11. The van der Waals surface area contributed by atoms with Crippen molar-refractivity contribution in [1.82, 2.24) is 19.7 Å². The highest BCUT2D eigenvalue weighted by Gasteiger charge is 2.43. The number of hydrogen-bond donors (Lipinski definition) is 1. The third kappa shape index (κ3) is 5.36. The molecule has 2 atom stereocenters. The molecule has 0 bridgehead atoms. The highest BCUT2D eigenvalue weighted by Crippen LogP contribution is 2.36. The number of hydrogen-bond acceptors (Lipinski definition) is 6. The molecule has 4 rings (SSSR count). The third-order valence-corrected chi connectivity index (χ3v) is 7.08. The number of nitrogens with zero attached hydrogens (tertiary/aromatic N) is 4. The van der Waals surface area contributed by atoms with Gasteiger partial charge in [0, 0.05) is 20.1 Å². The lowest BCUT2D eigenvalue weighted by atomic mass is 10.1. The molecule has 176 valence electrons. The molecule has 1 saturated carbocycles. The van der Waals surface area contributed by atoms with Crippen LogP contribution in [0, 0.1) is 11.7 Å². The van der Waals surface area contributed by atoms with Gasteiger partial charge < -0.3 is 14.8 Å². The molecule has 1 aliphatic rings. The summed E-state index contributed by atoms with van der Waals surface area (Å²) < 4.78 is 39.9. The van der Waals surface area contributed by atoms with Crippen LogP contribution < -0.4 is 10.1 Å². The zero-order chi connectivity index (χ0) is 23.8. The Hall–Kier alpha value is -2.92. The number of ether oxygens (including phenoxy) is 2. The molecule has 0 aliphatic heterocycles. The van der Waals surface area contributed by atoms with Gasteiger partial charge >= 0.3 is 0 Å². The van der Waals surface area contributed by atoms with Crippen molar-refractivity contribution in [2.45, 2.75) is 45.0 Å². The molecule has 11 heteroatoms. The summed E-state index contributed by atoms with van der Waals surface area (Å²) in [6, 6.07) is 5.62. The molecular formula is C22H27F2N5O3Si. The van der Waals surface area contributed by atoms with Crippen LogP contribution in [0.1, 0.15) is 6.42 Å². The number of pyridine rings is 2. The van der Waals surface area contributed by atoms with Gasteiger partial charge in [-0.3, -0.25) is 4.79 Å². The first kappa shape index (κ1) is 23.2. The quantitative estimate of drug-likeness (QED) is 0.368. The highest BCUT2D eigenvalue weighted by molar-refractivity contribution is 6.76. The molecule has 1 N–H and O–H groups in total. The topological polar surface area (TPSA) is 91.2 Å². The average molecular weight is 476 g/mol. The smallest absolute Gasteiger partial charge is 0.231 e. The molecule has 0 radical (unpaired) electrons. The van der Waals surface area contributed by atoms with E-state index >= 15 is 0 Å². The number of anilines is 1. The molecule has 0 saturated heterocycles. The minimum atomic E-state index is -1.27. The lowest BCUT2D eigenvalue weighted by Crippen LogP contribution is -2.22. The van der Waals surface area contributed by atoms with Crippen LogP contribution in [0.15, 0.2) is 24.4 Å². The van der Waals surface area contributed by atoms with Crippen molar-refractivity contribution < 1.29 is 23.0 Å². The SMILES string of the molecule is COc1ncc(F)cc1-c1nn(COCC[Si](C)(C)C)c2nc(NC(=O)[C@@H]3C[C@@H]3F)ccc12. The van der Waals surface area contributed by atoms with E-state index in [0.29, 0.717) is 28.9 Å². The molecule has 0 aromatic carbocycles. The number of nitrogens with one attached hydrogen (secondary N) is 1. The summed E-state index contributed by atoms with van der Waals surface area (Å²) in [5.74, 6) is -1.05. The first-order chi connectivity index (χ1) is 15.7. The van der Waals surface area contributed by atoms with Gasteiger partial charge in [0.05, 0.1) is 24.8 Å². The van der Waals surface area contributed by atoms with Crippen LogP contribution in [0.5, 0.6) is 5.88 Å². The normalized spacial score (nSPS) is 17.9. The Bertz CT molecular complexity index is 1180. The molecule has 0 spiro atoms. The van der Waals surface area contributed by atoms with Gasteiger partial charge in [0.25, 0.3) is 0 Å². The minimum Gasteiger partial charge on any atom is -0.481 e. The minimum absolute atomic E-state index is 0.131. The molecule has 0 unspecified atom stereocenters. The van der Waals surface area contributed by atoms with Crippen LogP contribution in [0.25, 0.3) is 22.3 Å². The Morgan fingerprint density at radius 3 is 2.76 bits per heavy atom. The van der Waals surface area contributed by atoms with E-state index in [1.807, 2.05) is 0 Å². The maximum atomic E-state index is 14.0. The predicted molar refractivity (Wildman–Crippen MR) is 123 cm³/mol. The van der Waals surface area contributed by atoms with E-state index in [-0.39, 0.29) is 24.8 Å². The molecule has 3 aromatic heterocycles. The highest BCUT2D eigenvalue weighted by atomic mass is 28.3. The van der Waals surface area contributed by atoms with E-state index in [1.165, 1.54) is 13.2 Å². The van der Waals surface area contributed by atoms with Gasteiger partial charge in [0.15, 0.2) is 5.65 Å². The van der Waals surface area contributed by atoms with Crippen molar-refractivity contribution in [2.75, 3.05) is 19.0 Å². The van der Waals surface area contributed by atoms with E-state index in [9.17, 15) is 13.6 Å². The van der Waals surface area contributed by atoms with Crippen molar-refractivity contribution in [3.63, 3.8) is 0 Å². The average Bonchev–Trinajstić information content (AvgIpc) is 3.39. The van der Waals surface area contributed by atoms with Crippen molar-refractivity contribution >= 4 is 30.8 Å². The Morgan fingerprint density at radius 1 is 1.33 bits per heavy atom. The standard InChI is InChI=1S/C22H27F2N5O3Si/c1-31-22-16(9-13(23)11-25-22)19-14-5-6-18(27-21(30)15-10-17(15)24)26-20(14)29(28-19)12-32-7-8-33(2,3)4/h5-6,9,11,15,17H,7-8,10,12H2,1-4H3,(H,26,27,30)/t15-,17+/m1/s1. The number of halogens is 2. The number of aromatic nitrogens is 4. The summed E-state index contributed by atoms with van der Waals surface area (Å²) in [5, 5.41) is 7.88. The van der Waals surface area contributed by atoms with Crippen LogP contribution in [-0.2, 0) is 16.3 Å². The largest absolute Gasteiger partial charge is 0.481 e. The molecule has 1 fully saturated rings. The fourth-order valence-electron chi connectivity index (χ4n) is 3.35. The first-order valence-corrected chi connectivity index (χ1v) is 14.5. The number of carbonyl (C=O) groups is 1. The molecule has 8 nitrogen and oxygen atoms in total. The van der Waals surface area contributed by atoms with Crippen LogP contribution in [0.3, 0.4) is 0 Å². The second-order valence-corrected chi connectivity index (χ2v) is 14.9. The van der Waals surface area contributed by atoms with Gasteiger partial charge in [0.2, 0.25) is 11.8 Å². The van der Waals surface area contributed by atoms with Crippen LogP contribution in [0.2, 0.25) is 25.7 Å². The van der Waals surface area contributed by atoms with Crippen molar-refractivity contribution in [3.05, 3.63) is 30.2 Å². The van der Waals surface area contributed by atoms with E-state index < -0.39 is 31.9 Å². The summed E-state index contributed by atoms with van der Waals surface area (Å²) >= 11 is 0. The van der Waals surface area contributed by atoms with Crippen molar-refractivity contribution in [2.24, 2.45) is 5.92 Å². The Kier molecular flexibility index (Phi) is 6.44. The second kappa shape index (κ2) is 9.14. The number of carbonyl (C=O) groups excluding carboxylic acids is 1. The van der Waals surface area contributed by atoms with Crippen LogP contribution in [0.4, 0.5) is 14.6 Å². The Labute approximate surface area is 191 Å². The third-order valence-electron chi connectivity index (χ3n) is 5.37. The van der Waals surface area contributed by atoms with Gasteiger partial charge in [-0.2, -0.15) is 5.10 Å². The molecule has 3 heterocycles. The summed E-state index contributed by atoms with van der Waals surface area (Å²) in [4.78, 5) is 20.7. The number of rotatable bonds is 9. The summed E-state index contributed by atoms with van der Waals surface area (Å²) in [6.07, 6.45) is 0.203. The first-order valence-electron chi connectivity index (χ1n) is 10.8.